The molecule has 0 aliphatic carbocycles. The van der Waals surface area contributed by atoms with Crippen LogP contribution in [0.3, 0.4) is 0 Å². The van der Waals surface area contributed by atoms with Gasteiger partial charge in [-0.15, -0.1) is 0 Å². The van der Waals surface area contributed by atoms with Crippen molar-refractivity contribution in [3.8, 4) is 0 Å². The minimum atomic E-state index is -0.363. The van der Waals surface area contributed by atoms with E-state index in [1.807, 2.05) is 12.1 Å². The van der Waals surface area contributed by atoms with Crippen molar-refractivity contribution in [2.24, 2.45) is 0 Å². The molecule has 6 nitrogen and oxygen atoms in total. The second-order valence-corrected chi connectivity index (χ2v) is 5.73. The van der Waals surface area contributed by atoms with Gasteiger partial charge < -0.3 is 10.2 Å². The lowest BCUT2D eigenvalue weighted by Crippen LogP contribution is -2.29. The maximum Gasteiger partial charge on any atom is 0.272 e. The molecule has 0 saturated heterocycles. The van der Waals surface area contributed by atoms with Crippen LogP contribution in [-0.4, -0.2) is 39.4 Å². The molecule has 0 radical (unpaired) electrons. The first-order chi connectivity index (χ1) is 12.6. The number of hydrogen-bond acceptors (Lipinski definition) is 5. The molecule has 0 saturated carbocycles. The monoisotopic (exact) mass is 351 g/mol. The third kappa shape index (κ3) is 4.60. The molecule has 0 spiro atoms. The molecule has 0 aliphatic rings. The molecule has 0 atom stereocenters. The highest BCUT2D eigenvalue weighted by atomic mass is 19.1. The SMILES string of the molecule is CN(CCc1ccncc1)C(=O)c1ccnc(Nc2cccc(F)c2)n1. The predicted molar refractivity (Wildman–Crippen MR) is 96.6 cm³/mol. The summed E-state index contributed by atoms with van der Waals surface area (Å²) >= 11 is 0. The topological polar surface area (TPSA) is 71.0 Å². The first-order valence-corrected chi connectivity index (χ1v) is 8.12. The van der Waals surface area contributed by atoms with E-state index in [-0.39, 0.29) is 23.4 Å². The number of benzene rings is 1. The van der Waals surface area contributed by atoms with Crippen LogP contribution in [-0.2, 0) is 6.42 Å². The van der Waals surface area contributed by atoms with Crippen LogP contribution in [0.25, 0.3) is 0 Å². The molecule has 1 aromatic carbocycles. The zero-order chi connectivity index (χ0) is 18.4. The summed E-state index contributed by atoms with van der Waals surface area (Å²) in [7, 11) is 1.73. The largest absolute Gasteiger partial charge is 0.340 e. The Hall–Kier alpha value is -3.35. The van der Waals surface area contributed by atoms with Crippen molar-refractivity contribution in [2.45, 2.75) is 6.42 Å². The molecule has 26 heavy (non-hydrogen) atoms. The number of amides is 1. The van der Waals surface area contributed by atoms with Gasteiger partial charge in [-0.05, 0) is 48.4 Å². The fourth-order valence-electron chi connectivity index (χ4n) is 2.38. The highest BCUT2D eigenvalue weighted by Crippen LogP contribution is 2.14. The summed E-state index contributed by atoms with van der Waals surface area (Å²) in [5.41, 5.74) is 1.90. The fourth-order valence-corrected chi connectivity index (χ4v) is 2.38. The summed E-state index contributed by atoms with van der Waals surface area (Å²) < 4.78 is 13.3. The van der Waals surface area contributed by atoms with Gasteiger partial charge in [-0.3, -0.25) is 9.78 Å². The van der Waals surface area contributed by atoms with E-state index < -0.39 is 0 Å². The number of nitrogens with one attached hydrogen (secondary N) is 1. The zero-order valence-corrected chi connectivity index (χ0v) is 14.3. The molecule has 1 N–H and O–H groups in total. The Balaban J connectivity index is 1.65. The zero-order valence-electron chi connectivity index (χ0n) is 14.3. The van der Waals surface area contributed by atoms with E-state index in [1.54, 1.807) is 42.5 Å². The van der Waals surface area contributed by atoms with Gasteiger partial charge in [0.05, 0.1) is 0 Å². The molecule has 0 bridgehead atoms. The summed E-state index contributed by atoms with van der Waals surface area (Å²) in [6, 6.07) is 11.4. The van der Waals surface area contributed by atoms with E-state index >= 15 is 0 Å². The normalized spacial score (nSPS) is 10.4. The number of likely N-dealkylation sites (N-methyl/N-ethyl adjacent to an activating group) is 1. The molecular weight excluding hydrogens is 333 g/mol. The molecule has 7 heteroatoms. The van der Waals surface area contributed by atoms with Gasteiger partial charge in [0.2, 0.25) is 5.95 Å². The minimum Gasteiger partial charge on any atom is -0.340 e. The van der Waals surface area contributed by atoms with Crippen molar-refractivity contribution in [3.63, 3.8) is 0 Å². The van der Waals surface area contributed by atoms with Crippen molar-refractivity contribution in [3.05, 3.63) is 78.1 Å². The number of hydrogen-bond donors (Lipinski definition) is 1. The van der Waals surface area contributed by atoms with Gasteiger partial charge in [0.15, 0.2) is 0 Å². The highest BCUT2D eigenvalue weighted by Gasteiger charge is 2.14. The van der Waals surface area contributed by atoms with E-state index in [1.165, 1.54) is 18.3 Å². The van der Waals surface area contributed by atoms with E-state index in [0.29, 0.717) is 12.2 Å². The summed E-state index contributed by atoms with van der Waals surface area (Å²) in [5.74, 6) is -0.328. The van der Waals surface area contributed by atoms with Crippen molar-refractivity contribution in [1.82, 2.24) is 19.9 Å². The number of carbonyl (C=O) groups is 1. The number of halogens is 1. The van der Waals surface area contributed by atoms with Gasteiger partial charge in [-0.25, -0.2) is 14.4 Å². The fraction of sp³-hybridized carbons (Fsp3) is 0.158. The lowest BCUT2D eigenvalue weighted by molar-refractivity contribution is 0.0791. The maximum atomic E-state index is 13.3. The third-order valence-corrected chi connectivity index (χ3v) is 3.79. The van der Waals surface area contributed by atoms with Crippen molar-refractivity contribution in [2.75, 3.05) is 18.9 Å². The second kappa shape index (κ2) is 8.15. The highest BCUT2D eigenvalue weighted by molar-refractivity contribution is 5.92. The second-order valence-electron chi connectivity index (χ2n) is 5.73. The van der Waals surface area contributed by atoms with Crippen LogP contribution in [0, 0.1) is 5.82 Å². The van der Waals surface area contributed by atoms with Crippen molar-refractivity contribution >= 4 is 17.5 Å². The van der Waals surface area contributed by atoms with Gasteiger partial charge in [0, 0.05) is 37.9 Å². The first-order valence-electron chi connectivity index (χ1n) is 8.12. The molecule has 3 rings (SSSR count). The molecule has 0 aliphatic heterocycles. The van der Waals surface area contributed by atoms with Crippen LogP contribution in [0.5, 0.6) is 0 Å². The number of nitrogens with zero attached hydrogens (tertiary/aromatic N) is 4. The Bertz CT molecular complexity index is 888. The third-order valence-electron chi connectivity index (χ3n) is 3.79. The van der Waals surface area contributed by atoms with Crippen LogP contribution in [0.4, 0.5) is 16.0 Å². The smallest absolute Gasteiger partial charge is 0.272 e. The van der Waals surface area contributed by atoms with Crippen LogP contribution in [0.1, 0.15) is 16.1 Å². The standard InChI is InChI=1S/C19H18FN5O/c1-25(12-8-14-5-9-21-10-6-14)18(26)17-7-11-22-19(24-17)23-16-4-2-3-15(20)13-16/h2-7,9-11,13H,8,12H2,1H3,(H,22,23,24). The van der Waals surface area contributed by atoms with Crippen LogP contribution < -0.4 is 5.32 Å². The molecule has 1 amide bonds. The van der Waals surface area contributed by atoms with E-state index in [0.717, 1.165) is 12.0 Å². The molecule has 132 valence electrons. The summed E-state index contributed by atoms with van der Waals surface area (Å²) in [5, 5.41) is 2.90. The number of anilines is 2. The molecular formula is C19H18FN5O. The molecule has 2 heterocycles. The summed E-state index contributed by atoms with van der Waals surface area (Å²) in [6.45, 7) is 0.555. The minimum absolute atomic E-state index is 0.205. The Kier molecular flexibility index (Phi) is 5.48. The molecule has 0 fully saturated rings. The van der Waals surface area contributed by atoms with Gasteiger partial charge in [0.25, 0.3) is 5.91 Å². The van der Waals surface area contributed by atoms with Gasteiger partial charge >= 0.3 is 0 Å². The number of aromatic nitrogens is 3. The number of rotatable bonds is 6. The first kappa shape index (κ1) is 17.5. The van der Waals surface area contributed by atoms with E-state index in [4.69, 9.17) is 0 Å². The van der Waals surface area contributed by atoms with Crippen LogP contribution in [0.15, 0.2) is 61.1 Å². The Labute approximate surface area is 150 Å². The van der Waals surface area contributed by atoms with Crippen molar-refractivity contribution < 1.29 is 9.18 Å². The Morgan fingerprint density at radius 3 is 2.73 bits per heavy atom. The maximum absolute atomic E-state index is 13.3. The van der Waals surface area contributed by atoms with Gasteiger partial charge in [-0.2, -0.15) is 0 Å². The van der Waals surface area contributed by atoms with E-state index in [9.17, 15) is 9.18 Å². The molecule has 3 aromatic rings. The number of carbonyl (C=O) groups excluding carboxylic acids is 1. The molecule has 0 unspecified atom stereocenters. The quantitative estimate of drug-likeness (QED) is 0.739. The Morgan fingerprint density at radius 2 is 1.96 bits per heavy atom. The predicted octanol–water partition coefficient (Wildman–Crippen LogP) is 3.07. The lowest BCUT2D eigenvalue weighted by atomic mass is 10.2. The lowest BCUT2D eigenvalue weighted by Gasteiger charge is -2.17. The van der Waals surface area contributed by atoms with Crippen LogP contribution >= 0.6 is 0 Å². The summed E-state index contributed by atoms with van der Waals surface area (Å²) in [4.78, 5) is 26.4. The average Bonchev–Trinajstić information content (AvgIpc) is 2.66. The Morgan fingerprint density at radius 1 is 1.15 bits per heavy atom. The van der Waals surface area contributed by atoms with Gasteiger partial charge in [0.1, 0.15) is 11.5 Å². The average molecular weight is 351 g/mol. The summed E-state index contributed by atoms with van der Waals surface area (Å²) in [6.07, 6.45) is 5.68. The van der Waals surface area contributed by atoms with Crippen LogP contribution in [0.2, 0.25) is 0 Å². The van der Waals surface area contributed by atoms with Gasteiger partial charge in [-0.1, -0.05) is 6.07 Å². The number of pyridine rings is 1. The van der Waals surface area contributed by atoms with E-state index in [2.05, 4.69) is 20.3 Å². The van der Waals surface area contributed by atoms with Crippen molar-refractivity contribution in [1.29, 1.82) is 0 Å². The molecule has 2 aromatic heterocycles.